The summed E-state index contributed by atoms with van der Waals surface area (Å²) >= 11 is 0. The van der Waals surface area contributed by atoms with E-state index in [1.165, 1.54) is 38.2 Å². The fraction of sp³-hybridized carbons (Fsp3) is 0.650. The maximum atomic E-state index is 13.8. The van der Waals surface area contributed by atoms with E-state index in [-0.39, 0.29) is 11.0 Å². The van der Waals surface area contributed by atoms with Gasteiger partial charge in [-0.2, -0.15) is 0 Å². The molecule has 1 aromatic carbocycles. The second-order valence-electron chi connectivity index (χ2n) is 8.31. The topological polar surface area (TPSA) is 26.3 Å². The lowest BCUT2D eigenvalue weighted by Gasteiger charge is -2.47. The number of carbonyl (C=O) groups is 1. The Morgan fingerprint density at radius 2 is 1.91 bits per heavy atom. The van der Waals surface area contributed by atoms with E-state index in [1.807, 2.05) is 6.92 Å². The van der Waals surface area contributed by atoms with Gasteiger partial charge in [0.15, 0.2) is 6.29 Å². The summed E-state index contributed by atoms with van der Waals surface area (Å²) in [6.07, 6.45) is 7.03. The van der Waals surface area contributed by atoms with Crippen LogP contribution in [0.25, 0.3) is 0 Å². The average molecular weight is 318 g/mol. The quantitative estimate of drug-likeness (QED) is 0.715. The summed E-state index contributed by atoms with van der Waals surface area (Å²) in [5.74, 6) is 2.57. The normalized spacial score (nSPS) is 33.3. The molecule has 2 saturated carbocycles. The molecule has 2 aliphatic carbocycles. The first-order valence-electron chi connectivity index (χ1n) is 8.76. The lowest BCUT2D eigenvalue weighted by Crippen LogP contribution is -2.39. The molecular weight excluding hydrogens is 291 g/mol. The number of ether oxygens (including phenoxy) is 1. The van der Waals surface area contributed by atoms with Gasteiger partial charge in [-0.05, 0) is 68.4 Å². The molecule has 2 unspecified atom stereocenters. The van der Waals surface area contributed by atoms with Crippen molar-refractivity contribution in [3.8, 4) is 5.75 Å². The Labute approximate surface area is 138 Å². The van der Waals surface area contributed by atoms with Gasteiger partial charge in [0.25, 0.3) is 0 Å². The van der Waals surface area contributed by atoms with E-state index < -0.39 is 5.82 Å². The van der Waals surface area contributed by atoms with Crippen LogP contribution in [0.1, 0.15) is 61.9 Å². The molecule has 3 heteroatoms. The number of halogens is 1. The molecule has 2 nitrogen and oxygen atoms in total. The number of benzene rings is 1. The molecule has 2 atom stereocenters. The Balaban J connectivity index is 1.68. The van der Waals surface area contributed by atoms with E-state index in [9.17, 15) is 9.18 Å². The third kappa shape index (κ3) is 3.59. The van der Waals surface area contributed by atoms with Crippen molar-refractivity contribution >= 4 is 6.29 Å². The Kier molecular flexibility index (Phi) is 4.48. The van der Waals surface area contributed by atoms with Crippen LogP contribution < -0.4 is 4.74 Å². The largest absolute Gasteiger partial charge is 0.493 e. The Morgan fingerprint density at radius 1 is 1.26 bits per heavy atom. The van der Waals surface area contributed by atoms with Crippen molar-refractivity contribution in [3.05, 3.63) is 29.1 Å². The lowest BCUT2D eigenvalue weighted by atomic mass is 9.60. The number of rotatable bonds is 4. The number of aryl methyl sites for hydroxylation is 1. The van der Waals surface area contributed by atoms with Gasteiger partial charge in [-0.1, -0.05) is 13.8 Å². The maximum absolute atomic E-state index is 13.8. The van der Waals surface area contributed by atoms with Crippen molar-refractivity contribution in [1.82, 2.24) is 0 Å². The van der Waals surface area contributed by atoms with Crippen LogP contribution in [0.4, 0.5) is 4.39 Å². The monoisotopic (exact) mass is 318 g/mol. The SMILES string of the molecule is Cc1cc(C=O)c(F)cc1OCC1(C)CC2CC(C)CC(C2)C1. The highest BCUT2D eigenvalue weighted by Gasteiger charge is 2.41. The molecular formula is C20H27FO2. The second-order valence-corrected chi connectivity index (χ2v) is 8.31. The number of hydrogen-bond donors (Lipinski definition) is 0. The third-order valence-corrected chi connectivity index (χ3v) is 5.70. The molecule has 0 heterocycles. The molecule has 126 valence electrons. The maximum Gasteiger partial charge on any atom is 0.153 e. The van der Waals surface area contributed by atoms with Crippen molar-refractivity contribution in [1.29, 1.82) is 0 Å². The molecule has 2 bridgehead atoms. The van der Waals surface area contributed by atoms with Gasteiger partial charge < -0.3 is 4.74 Å². The molecule has 2 aliphatic rings. The van der Waals surface area contributed by atoms with Gasteiger partial charge in [-0.25, -0.2) is 4.39 Å². The molecule has 2 fully saturated rings. The minimum atomic E-state index is -0.500. The molecule has 0 amide bonds. The van der Waals surface area contributed by atoms with Crippen molar-refractivity contribution in [2.75, 3.05) is 6.61 Å². The van der Waals surface area contributed by atoms with Crippen LogP contribution in [-0.2, 0) is 0 Å². The summed E-state index contributed by atoms with van der Waals surface area (Å²) in [4.78, 5) is 10.8. The molecule has 0 radical (unpaired) electrons. The highest BCUT2D eigenvalue weighted by molar-refractivity contribution is 5.76. The Morgan fingerprint density at radius 3 is 2.52 bits per heavy atom. The van der Waals surface area contributed by atoms with Gasteiger partial charge in [0.1, 0.15) is 11.6 Å². The highest BCUT2D eigenvalue weighted by Crippen LogP contribution is 2.50. The standard InChI is InChI=1S/C20H27FO2/c1-13-4-15-7-16(5-13)10-20(3,9-15)12-23-19-8-18(21)17(11-22)6-14(19)2/h6,8,11,13,15-16H,4-5,7,9-10,12H2,1-3H3. The van der Waals surface area contributed by atoms with Gasteiger partial charge in [0, 0.05) is 11.5 Å². The van der Waals surface area contributed by atoms with Crippen molar-refractivity contribution in [2.24, 2.45) is 23.2 Å². The summed E-state index contributed by atoms with van der Waals surface area (Å²) in [5, 5.41) is 0. The van der Waals surface area contributed by atoms with Gasteiger partial charge in [-0.15, -0.1) is 0 Å². The Bertz CT molecular complexity index is 578. The Hall–Kier alpha value is -1.38. The van der Waals surface area contributed by atoms with E-state index in [4.69, 9.17) is 4.74 Å². The van der Waals surface area contributed by atoms with Crippen LogP contribution in [0.5, 0.6) is 5.75 Å². The van der Waals surface area contributed by atoms with Crippen LogP contribution >= 0.6 is 0 Å². The first-order chi connectivity index (χ1) is 10.9. The van der Waals surface area contributed by atoms with Crippen LogP contribution in [0, 0.1) is 35.9 Å². The molecule has 0 aliphatic heterocycles. The summed E-state index contributed by atoms with van der Waals surface area (Å²) in [5.41, 5.74) is 1.10. The fourth-order valence-corrected chi connectivity index (χ4v) is 5.01. The molecule has 0 saturated heterocycles. The predicted molar refractivity (Wildman–Crippen MR) is 89.4 cm³/mol. The van der Waals surface area contributed by atoms with Crippen molar-refractivity contribution in [2.45, 2.75) is 52.9 Å². The van der Waals surface area contributed by atoms with Crippen molar-refractivity contribution < 1.29 is 13.9 Å². The van der Waals surface area contributed by atoms with E-state index in [1.54, 1.807) is 6.07 Å². The molecule has 0 N–H and O–H groups in total. The summed E-state index contributed by atoms with van der Waals surface area (Å²) < 4.78 is 19.8. The minimum absolute atomic E-state index is 0.0993. The predicted octanol–water partition coefficient (Wildman–Crippen LogP) is 5.18. The van der Waals surface area contributed by atoms with Crippen molar-refractivity contribution in [3.63, 3.8) is 0 Å². The molecule has 23 heavy (non-hydrogen) atoms. The third-order valence-electron chi connectivity index (χ3n) is 5.70. The highest BCUT2D eigenvalue weighted by atomic mass is 19.1. The number of fused-ring (bicyclic) bond motifs is 2. The molecule has 1 aromatic rings. The molecule has 0 aromatic heterocycles. The van der Waals surface area contributed by atoms with Gasteiger partial charge in [0.05, 0.1) is 12.2 Å². The number of aldehydes is 1. The van der Waals surface area contributed by atoms with Crippen LogP contribution in [0.15, 0.2) is 12.1 Å². The molecule has 0 spiro atoms. The van der Waals surface area contributed by atoms with E-state index in [2.05, 4.69) is 13.8 Å². The molecule has 3 rings (SSSR count). The van der Waals surface area contributed by atoms with Crippen LogP contribution in [0.2, 0.25) is 0 Å². The second kappa shape index (κ2) is 6.26. The smallest absolute Gasteiger partial charge is 0.153 e. The lowest BCUT2D eigenvalue weighted by molar-refractivity contribution is 0.0144. The first-order valence-corrected chi connectivity index (χ1v) is 8.76. The number of hydrogen-bond acceptors (Lipinski definition) is 2. The van der Waals surface area contributed by atoms with Gasteiger partial charge in [-0.3, -0.25) is 4.79 Å². The van der Waals surface area contributed by atoms with E-state index in [0.29, 0.717) is 18.6 Å². The minimum Gasteiger partial charge on any atom is -0.493 e. The number of carbonyl (C=O) groups excluding carboxylic acids is 1. The van der Waals surface area contributed by atoms with E-state index in [0.717, 1.165) is 23.3 Å². The first kappa shape index (κ1) is 16.5. The zero-order chi connectivity index (χ0) is 16.6. The van der Waals surface area contributed by atoms with Crippen LogP contribution in [-0.4, -0.2) is 12.9 Å². The average Bonchev–Trinajstić information content (AvgIpc) is 2.46. The fourth-order valence-electron chi connectivity index (χ4n) is 5.01. The zero-order valence-corrected chi connectivity index (χ0v) is 14.4. The van der Waals surface area contributed by atoms with E-state index >= 15 is 0 Å². The summed E-state index contributed by atoms with van der Waals surface area (Å²) in [6, 6.07) is 2.92. The summed E-state index contributed by atoms with van der Waals surface area (Å²) in [6.45, 7) is 7.18. The van der Waals surface area contributed by atoms with Gasteiger partial charge >= 0.3 is 0 Å². The van der Waals surface area contributed by atoms with Gasteiger partial charge in [0.2, 0.25) is 0 Å². The summed E-state index contributed by atoms with van der Waals surface area (Å²) in [7, 11) is 0. The van der Waals surface area contributed by atoms with Crippen LogP contribution in [0.3, 0.4) is 0 Å². The zero-order valence-electron chi connectivity index (χ0n) is 14.4.